The Balaban J connectivity index is 3.07. The molecule has 0 spiro atoms. The summed E-state index contributed by atoms with van der Waals surface area (Å²) in [6, 6.07) is 0. The van der Waals surface area contributed by atoms with Crippen LogP contribution in [0.15, 0.2) is 16.5 Å². The number of nitrogens with one attached hydrogen (secondary N) is 2. The predicted molar refractivity (Wildman–Crippen MR) is 54.0 cm³/mol. The van der Waals surface area contributed by atoms with E-state index in [1.807, 2.05) is 0 Å². The molecule has 0 aromatic rings. The number of rotatable bonds is 3. The number of hydrogen-bond acceptors (Lipinski definition) is 5. The number of nitrogens with zero attached hydrogens (tertiary/aromatic N) is 1. The average molecular weight is 201 g/mol. The van der Waals surface area contributed by atoms with Crippen LogP contribution >= 0.6 is 0 Å². The second-order valence-corrected chi connectivity index (χ2v) is 3.21. The Morgan fingerprint density at radius 3 is 2.79 bits per heavy atom. The fourth-order valence-corrected chi connectivity index (χ4v) is 1.50. The maximum atomic E-state index is 13.8. The summed E-state index contributed by atoms with van der Waals surface area (Å²) in [6.45, 7) is 1.94. The lowest BCUT2D eigenvalue weighted by Crippen LogP contribution is -2.51. The number of allylic oxidation sites excluding steroid dienone is 1. The Hall–Kier alpha value is -1.14. The van der Waals surface area contributed by atoms with Crippen LogP contribution in [0.3, 0.4) is 0 Å². The Morgan fingerprint density at radius 1 is 1.64 bits per heavy atom. The number of hydrogen-bond donors (Lipinski definition) is 4. The van der Waals surface area contributed by atoms with E-state index in [4.69, 9.17) is 11.5 Å². The van der Waals surface area contributed by atoms with Crippen LogP contribution in [0.5, 0.6) is 0 Å². The van der Waals surface area contributed by atoms with Crippen LogP contribution < -0.4 is 22.1 Å². The molecule has 0 radical (unpaired) electrons. The summed E-state index contributed by atoms with van der Waals surface area (Å²) in [4.78, 5) is 4.01. The molecule has 14 heavy (non-hydrogen) atoms. The summed E-state index contributed by atoms with van der Waals surface area (Å²) in [5.41, 5.74) is 10.2. The van der Waals surface area contributed by atoms with E-state index in [-0.39, 0.29) is 11.8 Å². The highest BCUT2D eigenvalue weighted by molar-refractivity contribution is 5.81. The Bertz CT molecular complexity index is 285. The van der Waals surface area contributed by atoms with Gasteiger partial charge in [-0.1, -0.05) is 0 Å². The molecular weight excluding hydrogens is 185 g/mol. The zero-order valence-electron chi connectivity index (χ0n) is 8.39. The van der Waals surface area contributed by atoms with Crippen molar-refractivity contribution < 1.29 is 4.39 Å². The molecule has 5 nitrogen and oxygen atoms in total. The zero-order valence-corrected chi connectivity index (χ0v) is 8.39. The van der Waals surface area contributed by atoms with Gasteiger partial charge in [0, 0.05) is 6.42 Å². The van der Waals surface area contributed by atoms with Crippen LogP contribution in [0, 0.1) is 0 Å². The Kier molecular flexibility index (Phi) is 3.07. The molecule has 0 aliphatic carbocycles. The van der Waals surface area contributed by atoms with Gasteiger partial charge in [-0.2, -0.15) is 0 Å². The SMILES string of the molecule is CNC1(CCN)N=C(N)NC(C)=C1F. The molecule has 0 amide bonds. The summed E-state index contributed by atoms with van der Waals surface area (Å²) in [6.07, 6.45) is 0.370. The third-order valence-corrected chi connectivity index (χ3v) is 2.24. The lowest BCUT2D eigenvalue weighted by molar-refractivity contribution is 0.319. The highest BCUT2D eigenvalue weighted by Crippen LogP contribution is 2.27. The topological polar surface area (TPSA) is 88.5 Å². The smallest absolute Gasteiger partial charge is 0.195 e. The summed E-state index contributed by atoms with van der Waals surface area (Å²) in [5, 5.41) is 5.44. The van der Waals surface area contributed by atoms with Crippen LogP contribution in [0.25, 0.3) is 0 Å². The second kappa shape index (κ2) is 3.93. The van der Waals surface area contributed by atoms with Gasteiger partial charge in [-0.25, -0.2) is 9.38 Å². The largest absolute Gasteiger partial charge is 0.370 e. The summed E-state index contributed by atoms with van der Waals surface area (Å²) >= 11 is 0. The van der Waals surface area contributed by atoms with Crippen molar-refractivity contribution in [1.29, 1.82) is 0 Å². The van der Waals surface area contributed by atoms with E-state index < -0.39 is 5.66 Å². The fraction of sp³-hybridized carbons (Fsp3) is 0.625. The van der Waals surface area contributed by atoms with Gasteiger partial charge in [0.05, 0.1) is 5.70 Å². The van der Waals surface area contributed by atoms with Gasteiger partial charge >= 0.3 is 0 Å². The monoisotopic (exact) mass is 201 g/mol. The minimum absolute atomic E-state index is 0.201. The maximum Gasteiger partial charge on any atom is 0.195 e. The normalized spacial score (nSPS) is 27.3. The summed E-state index contributed by atoms with van der Waals surface area (Å²) in [5.74, 6) is -0.161. The molecule has 6 N–H and O–H groups in total. The van der Waals surface area contributed by atoms with Crippen molar-refractivity contribution in [2.24, 2.45) is 16.5 Å². The molecule has 80 valence electrons. The molecule has 1 rings (SSSR count). The van der Waals surface area contributed by atoms with Crippen LogP contribution in [-0.2, 0) is 0 Å². The highest BCUT2D eigenvalue weighted by atomic mass is 19.1. The minimum Gasteiger partial charge on any atom is -0.370 e. The van der Waals surface area contributed by atoms with Crippen molar-refractivity contribution in [1.82, 2.24) is 10.6 Å². The van der Waals surface area contributed by atoms with Gasteiger partial charge < -0.3 is 16.8 Å². The van der Waals surface area contributed by atoms with E-state index in [0.29, 0.717) is 18.7 Å². The fourth-order valence-electron chi connectivity index (χ4n) is 1.50. The number of guanidine groups is 1. The van der Waals surface area contributed by atoms with Gasteiger partial charge in [0.2, 0.25) is 0 Å². The van der Waals surface area contributed by atoms with Crippen molar-refractivity contribution in [2.75, 3.05) is 13.6 Å². The first-order valence-corrected chi connectivity index (χ1v) is 4.44. The highest BCUT2D eigenvalue weighted by Gasteiger charge is 2.37. The molecule has 1 aliphatic rings. The molecule has 1 unspecified atom stereocenters. The van der Waals surface area contributed by atoms with Gasteiger partial charge in [-0.15, -0.1) is 0 Å². The average Bonchev–Trinajstić information content (AvgIpc) is 2.14. The van der Waals surface area contributed by atoms with Crippen molar-refractivity contribution in [3.05, 3.63) is 11.5 Å². The number of aliphatic imine (C=N–C) groups is 1. The van der Waals surface area contributed by atoms with E-state index in [9.17, 15) is 4.39 Å². The number of halogens is 1. The van der Waals surface area contributed by atoms with Gasteiger partial charge in [-0.3, -0.25) is 5.32 Å². The standard InChI is InChI=1S/C8H16FN5/c1-5-6(9)8(12-2,3-4-10)14-7(11)13-5/h12H,3-4,10H2,1-2H3,(H3,11,13,14). The Labute approximate surface area is 82.4 Å². The number of likely N-dealkylation sites (N-methyl/N-ethyl adjacent to an activating group) is 1. The first kappa shape index (κ1) is 10.9. The third-order valence-electron chi connectivity index (χ3n) is 2.24. The van der Waals surface area contributed by atoms with Crippen molar-refractivity contribution in [3.8, 4) is 0 Å². The lowest BCUT2D eigenvalue weighted by Gasteiger charge is -2.32. The molecule has 1 aliphatic heterocycles. The summed E-state index contributed by atoms with van der Waals surface area (Å²) < 4.78 is 13.8. The molecule has 1 atom stereocenters. The van der Waals surface area contributed by atoms with E-state index in [1.54, 1.807) is 14.0 Å². The first-order chi connectivity index (χ1) is 6.55. The second-order valence-electron chi connectivity index (χ2n) is 3.21. The molecule has 0 aromatic heterocycles. The lowest BCUT2D eigenvalue weighted by atomic mass is 10.0. The minimum atomic E-state index is -1.09. The molecule has 0 saturated heterocycles. The number of nitrogens with two attached hydrogens (primary N) is 2. The Morgan fingerprint density at radius 2 is 2.29 bits per heavy atom. The molecule has 0 aromatic carbocycles. The third kappa shape index (κ3) is 1.71. The summed E-state index contributed by atoms with van der Waals surface area (Å²) in [7, 11) is 1.63. The molecule has 0 saturated carbocycles. The maximum absolute atomic E-state index is 13.8. The first-order valence-electron chi connectivity index (χ1n) is 4.44. The molecule has 6 heteroatoms. The van der Waals surface area contributed by atoms with Crippen molar-refractivity contribution >= 4 is 5.96 Å². The zero-order chi connectivity index (χ0) is 10.8. The van der Waals surface area contributed by atoms with E-state index in [0.717, 1.165) is 0 Å². The van der Waals surface area contributed by atoms with E-state index in [1.165, 1.54) is 0 Å². The van der Waals surface area contributed by atoms with Crippen LogP contribution in [0.4, 0.5) is 4.39 Å². The van der Waals surface area contributed by atoms with Gasteiger partial charge in [-0.05, 0) is 20.5 Å². The van der Waals surface area contributed by atoms with E-state index in [2.05, 4.69) is 15.6 Å². The molecule has 0 fully saturated rings. The van der Waals surface area contributed by atoms with Crippen LogP contribution in [0.2, 0.25) is 0 Å². The van der Waals surface area contributed by atoms with Gasteiger partial charge in [0.25, 0.3) is 0 Å². The van der Waals surface area contributed by atoms with Crippen molar-refractivity contribution in [2.45, 2.75) is 19.0 Å². The van der Waals surface area contributed by atoms with Crippen LogP contribution in [-0.4, -0.2) is 25.2 Å². The van der Waals surface area contributed by atoms with Crippen LogP contribution in [0.1, 0.15) is 13.3 Å². The molecular formula is C8H16FN5. The van der Waals surface area contributed by atoms with Gasteiger partial charge in [0.15, 0.2) is 17.4 Å². The molecule has 0 bridgehead atoms. The van der Waals surface area contributed by atoms with Crippen molar-refractivity contribution in [3.63, 3.8) is 0 Å². The predicted octanol–water partition coefficient (Wildman–Crippen LogP) is -0.630. The van der Waals surface area contributed by atoms with E-state index >= 15 is 0 Å². The van der Waals surface area contributed by atoms with Gasteiger partial charge in [0.1, 0.15) is 0 Å². The molecule has 1 heterocycles. The quantitative estimate of drug-likeness (QED) is 0.489.